The van der Waals surface area contributed by atoms with Crippen LogP contribution in [0.2, 0.25) is 0 Å². The Morgan fingerprint density at radius 1 is 0.204 bits per heavy atom. The van der Waals surface area contributed by atoms with Gasteiger partial charge in [-0.2, -0.15) is 0 Å². The largest absolute Gasteiger partial charge is 0.143 e. The van der Waals surface area contributed by atoms with E-state index < -0.39 is 5.41 Å². The molecule has 0 saturated heterocycles. The van der Waals surface area contributed by atoms with Crippen molar-refractivity contribution >= 4 is 90.7 Å². The lowest BCUT2D eigenvalue weighted by molar-refractivity contribution is 0.667. The number of unbranched alkanes of at least 4 members (excludes halogenated alkanes) is 24. The first kappa shape index (κ1) is 84.0. The standard InChI is InChI=1S/C105H128S8/c1-9-17-25-33-41-73-57-97(106-69-73)101-81(45-37-29-21-13-5)65-93(110-101)77-49-53-85-86-54-50-78(94-66-82(46-38-30-22-14-6)102(111-94)98-58-74(70-107-98)42-34-26-18-10-2)62-90(86)105(89(85)61-77)91-63-79(95-67-83(47-39-31-23-15-7)103(112-95)99-59-75(71-108-99)43-35-27-19-11-3)51-55-87(91)88-56-52-80(64-92(88)105)96-68-84(48-40-32-24-16-8)104(113-96)100-60-76(72-109-100)44-36-28-20-12-4/h49-72H,9-48H2,1-8H3. The third-order valence-electron chi connectivity index (χ3n) is 24.6. The fourth-order valence-electron chi connectivity index (χ4n) is 18.2. The summed E-state index contributed by atoms with van der Waals surface area (Å²) in [6.07, 6.45) is 50.2. The highest BCUT2D eigenvalue weighted by atomic mass is 32.1. The first-order valence-electron chi connectivity index (χ1n) is 45.1. The molecule has 0 aliphatic heterocycles. The van der Waals surface area contributed by atoms with E-state index in [4.69, 9.17) is 0 Å². The first-order valence-corrected chi connectivity index (χ1v) is 51.9. The van der Waals surface area contributed by atoms with Crippen LogP contribution < -0.4 is 0 Å². The molecule has 0 unspecified atom stereocenters. The van der Waals surface area contributed by atoms with Crippen LogP contribution in [0, 0.1) is 0 Å². The summed E-state index contributed by atoms with van der Waals surface area (Å²) >= 11 is 16.3. The number of aryl methyl sites for hydroxylation is 8. The average Bonchev–Trinajstić information content (AvgIpc) is 1.50. The maximum atomic E-state index is 2.74. The van der Waals surface area contributed by atoms with E-state index in [2.05, 4.69) is 244 Å². The number of fused-ring (bicyclic) bond motifs is 10. The normalized spacial score (nSPS) is 12.7. The molecule has 1 spiro atoms. The molecule has 2 aliphatic carbocycles. The molecule has 14 rings (SSSR count). The van der Waals surface area contributed by atoms with Crippen molar-refractivity contribution in [2.45, 2.75) is 318 Å². The molecule has 0 atom stereocenters. The van der Waals surface area contributed by atoms with E-state index in [1.54, 1.807) is 0 Å². The molecule has 0 bridgehead atoms. The zero-order valence-corrected chi connectivity index (χ0v) is 76.4. The lowest BCUT2D eigenvalue weighted by Gasteiger charge is -2.31. The Balaban J connectivity index is 0.981. The summed E-state index contributed by atoms with van der Waals surface area (Å²) in [5.41, 5.74) is 28.3. The summed E-state index contributed by atoms with van der Waals surface area (Å²) in [7, 11) is 0. The second-order valence-corrected chi connectivity index (χ2v) is 41.3. The highest BCUT2D eigenvalue weighted by molar-refractivity contribution is 7.25. The molecule has 8 heterocycles. The molecule has 0 nitrogen and oxygen atoms in total. The Kier molecular flexibility index (Phi) is 31.0. The van der Waals surface area contributed by atoms with E-state index in [0.29, 0.717) is 0 Å². The lowest BCUT2D eigenvalue weighted by Crippen LogP contribution is -2.26. The van der Waals surface area contributed by atoms with Crippen molar-refractivity contribution in [2.75, 3.05) is 0 Å². The van der Waals surface area contributed by atoms with Crippen LogP contribution >= 0.6 is 90.7 Å². The van der Waals surface area contributed by atoms with Gasteiger partial charge in [-0.3, -0.25) is 0 Å². The van der Waals surface area contributed by atoms with Crippen molar-refractivity contribution in [1.82, 2.24) is 0 Å². The Morgan fingerprint density at radius 2 is 0.407 bits per heavy atom. The summed E-state index contributed by atoms with van der Waals surface area (Å²) in [5, 5.41) is 9.96. The van der Waals surface area contributed by atoms with Crippen molar-refractivity contribution in [1.29, 1.82) is 0 Å². The van der Waals surface area contributed by atoms with E-state index in [1.165, 1.54) is 401 Å². The SMILES string of the molecule is CCCCCCc1csc(-c2sc(-c3ccc4c(c3)C3(c5cc(-c6cc(CCCCCC)c(-c7cc(CCCCCC)cs7)s6)ccc5-4)c4cc(-c5cc(CCCCCC)c(-c6cc(CCCCCC)cs6)s5)ccc4-c4ccc(-c5cc(CCCCCC)c(-c6cc(CCCCCC)cs6)s5)cc43)cc2CCCCCC)c1. The van der Waals surface area contributed by atoms with Crippen LogP contribution in [0.5, 0.6) is 0 Å². The van der Waals surface area contributed by atoms with E-state index in [1.807, 2.05) is 45.3 Å². The lowest BCUT2D eigenvalue weighted by atomic mass is 9.69. The van der Waals surface area contributed by atoms with E-state index >= 15 is 0 Å². The maximum Gasteiger partial charge on any atom is 0.0726 e. The predicted octanol–water partition coefficient (Wildman–Crippen LogP) is 36.8. The summed E-state index contributed by atoms with van der Waals surface area (Å²) in [5.74, 6) is 0. The van der Waals surface area contributed by atoms with E-state index in [0.717, 1.165) is 25.7 Å². The molecule has 0 saturated carbocycles. The number of benzene rings is 4. The van der Waals surface area contributed by atoms with Gasteiger partial charge >= 0.3 is 0 Å². The van der Waals surface area contributed by atoms with Crippen LogP contribution in [0.3, 0.4) is 0 Å². The molecule has 0 N–H and O–H groups in total. The van der Waals surface area contributed by atoms with Gasteiger partial charge in [0.05, 0.1) is 5.41 Å². The third-order valence-corrected chi connectivity index (χ3v) is 34.2. The molecule has 113 heavy (non-hydrogen) atoms. The van der Waals surface area contributed by atoms with Gasteiger partial charge in [0.25, 0.3) is 0 Å². The summed E-state index contributed by atoms with van der Waals surface area (Å²) in [6, 6.07) is 52.4. The monoisotopic (exact) mass is 1640 g/mol. The molecule has 2 aliphatic rings. The van der Waals surface area contributed by atoms with Crippen molar-refractivity contribution in [3.63, 3.8) is 0 Å². The molecule has 596 valence electrons. The summed E-state index contributed by atoms with van der Waals surface area (Å²) in [4.78, 5) is 17.4. The van der Waals surface area contributed by atoms with Crippen LogP contribution in [0.1, 0.15) is 328 Å². The van der Waals surface area contributed by atoms with Crippen molar-refractivity contribution in [2.24, 2.45) is 0 Å². The molecule has 8 aromatic heterocycles. The van der Waals surface area contributed by atoms with Gasteiger partial charge in [0.1, 0.15) is 0 Å². The number of rotatable bonds is 48. The molecule has 4 aromatic carbocycles. The molecular formula is C105H128S8. The topological polar surface area (TPSA) is 0 Å². The van der Waals surface area contributed by atoms with Gasteiger partial charge in [-0.15, -0.1) is 90.7 Å². The molecule has 8 heteroatoms. The van der Waals surface area contributed by atoms with E-state index in [-0.39, 0.29) is 0 Å². The fourth-order valence-corrected chi connectivity index (χ4v) is 27.4. The van der Waals surface area contributed by atoms with Crippen LogP contribution in [-0.2, 0) is 56.8 Å². The van der Waals surface area contributed by atoms with Gasteiger partial charge in [-0.05, 0) is 308 Å². The number of hydrogen-bond acceptors (Lipinski definition) is 8. The quantitative estimate of drug-likeness (QED) is 0.0334. The van der Waals surface area contributed by atoms with Gasteiger partial charge in [0.2, 0.25) is 0 Å². The summed E-state index contributed by atoms with van der Waals surface area (Å²) < 4.78 is 0. The van der Waals surface area contributed by atoms with Crippen molar-refractivity contribution in [3.05, 3.63) is 210 Å². The second-order valence-electron chi connectivity index (χ2n) is 33.4. The predicted molar refractivity (Wildman–Crippen MR) is 512 cm³/mol. The van der Waals surface area contributed by atoms with Crippen LogP contribution in [0.25, 0.3) is 103 Å². The Labute approximate surface area is 714 Å². The number of thiophene rings is 8. The van der Waals surface area contributed by atoms with E-state index in [9.17, 15) is 0 Å². The van der Waals surface area contributed by atoms with Crippen LogP contribution in [-0.4, -0.2) is 0 Å². The zero-order chi connectivity index (χ0) is 77.9. The molecule has 0 amide bonds. The van der Waals surface area contributed by atoms with Gasteiger partial charge in [-0.25, -0.2) is 0 Å². The van der Waals surface area contributed by atoms with Crippen LogP contribution in [0.4, 0.5) is 0 Å². The molecule has 0 radical (unpaired) electrons. The fraction of sp³-hybridized carbons (Fsp3) is 0.467. The minimum atomic E-state index is -0.632. The second kappa shape index (κ2) is 41.7. The average molecular weight is 1650 g/mol. The Bertz CT molecular complexity index is 4360. The van der Waals surface area contributed by atoms with Crippen molar-refractivity contribution in [3.8, 4) is 103 Å². The number of hydrogen-bond donors (Lipinski definition) is 0. The maximum absolute atomic E-state index is 2.74. The minimum absolute atomic E-state index is 0.632. The van der Waals surface area contributed by atoms with Crippen LogP contribution in [0.15, 0.2) is 143 Å². The molecule has 12 aromatic rings. The molecular weight excluding hydrogens is 1520 g/mol. The third kappa shape index (κ3) is 19.8. The van der Waals surface area contributed by atoms with Gasteiger partial charge in [0.15, 0.2) is 0 Å². The zero-order valence-electron chi connectivity index (χ0n) is 69.9. The smallest absolute Gasteiger partial charge is 0.0726 e. The van der Waals surface area contributed by atoms with Gasteiger partial charge in [-0.1, -0.05) is 258 Å². The Hall–Kier alpha value is -5.52. The summed E-state index contributed by atoms with van der Waals surface area (Å²) in [6.45, 7) is 18.8. The molecule has 0 fully saturated rings. The Morgan fingerprint density at radius 3 is 0.611 bits per heavy atom. The van der Waals surface area contributed by atoms with Gasteiger partial charge < -0.3 is 0 Å². The first-order chi connectivity index (χ1) is 55.7. The highest BCUT2D eigenvalue weighted by Crippen LogP contribution is 2.65. The highest BCUT2D eigenvalue weighted by Gasteiger charge is 2.52. The van der Waals surface area contributed by atoms with Gasteiger partial charge in [0, 0.05) is 58.5 Å². The van der Waals surface area contributed by atoms with Crippen molar-refractivity contribution < 1.29 is 0 Å². The minimum Gasteiger partial charge on any atom is -0.143 e.